The molecule has 0 atom stereocenters. The summed E-state index contributed by atoms with van der Waals surface area (Å²) in [5.74, 6) is 0.458. The third-order valence-corrected chi connectivity index (χ3v) is 3.65. The summed E-state index contributed by atoms with van der Waals surface area (Å²) < 4.78 is 24.2. The smallest absolute Gasteiger partial charge is 0.255 e. The lowest BCUT2D eigenvalue weighted by Gasteiger charge is -2.12. The summed E-state index contributed by atoms with van der Waals surface area (Å²) in [5.41, 5.74) is 1.10. The molecule has 1 heterocycles. The number of rotatable bonds is 6. The first-order chi connectivity index (χ1) is 12.7. The van der Waals surface area contributed by atoms with E-state index in [9.17, 15) is 9.18 Å². The first-order valence-electron chi connectivity index (χ1n) is 7.96. The summed E-state index contributed by atoms with van der Waals surface area (Å²) in [7, 11) is 1.51. The Morgan fingerprint density at radius 3 is 2.77 bits per heavy atom. The van der Waals surface area contributed by atoms with Crippen LogP contribution in [0.5, 0.6) is 17.4 Å². The van der Waals surface area contributed by atoms with Crippen molar-refractivity contribution in [3.8, 4) is 17.4 Å². The van der Waals surface area contributed by atoms with Gasteiger partial charge in [-0.2, -0.15) is 0 Å². The molecule has 0 saturated carbocycles. The van der Waals surface area contributed by atoms with Crippen LogP contribution in [0.2, 0.25) is 0 Å². The molecule has 0 radical (unpaired) electrons. The van der Waals surface area contributed by atoms with Crippen molar-refractivity contribution in [2.75, 3.05) is 7.11 Å². The van der Waals surface area contributed by atoms with Crippen LogP contribution in [0.4, 0.5) is 4.39 Å². The van der Waals surface area contributed by atoms with Gasteiger partial charge in [0.2, 0.25) is 5.88 Å². The fourth-order valence-electron chi connectivity index (χ4n) is 2.40. The minimum absolute atomic E-state index is 0.204. The Bertz CT molecular complexity index is 915. The fourth-order valence-corrected chi connectivity index (χ4v) is 2.40. The lowest BCUT2D eigenvalue weighted by atomic mass is 10.2. The topological polar surface area (TPSA) is 60.5 Å². The molecule has 5 nitrogen and oxygen atoms in total. The highest BCUT2D eigenvalue weighted by Gasteiger charge is 2.13. The number of nitrogens with zero attached hydrogens (tertiary/aromatic N) is 1. The molecule has 2 aromatic carbocycles. The van der Waals surface area contributed by atoms with Crippen molar-refractivity contribution in [1.29, 1.82) is 0 Å². The molecule has 0 bridgehead atoms. The fraction of sp³-hybridized carbons (Fsp3) is 0.100. The summed E-state index contributed by atoms with van der Waals surface area (Å²) >= 11 is 0. The number of hydrogen-bond acceptors (Lipinski definition) is 4. The summed E-state index contributed by atoms with van der Waals surface area (Å²) in [4.78, 5) is 16.6. The predicted octanol–water partition coefficient (Wildman–Crippen LogP) is 3.95. The Balaban J connectivity index is 1.73. The number of carbonyl (C=O) groups excluding carboxylic acids is 1. The van der Waals surface area contributed by atoms with Crippen molar-refractivity contribution in [3.63, 3.8) is 0 Å². The van der Waals surface area contributed by atoms with Crippen LogP contribution in [0.15, 0.2) is 66.9 Å². The van der Waals surface area contributed by atoms with Crippen molar-refractivity contribution in [2.24, 2.45) is 0 Å². The van der Waals surface area contributed by atoms with E-state index in [2.05, 4.69) is 10.3 Å². The number of halogens is 1. The van der Waals surface area contributed by atoms with Crippen LogP contribution in [-0.2, 0) is 6.54 Å². The van der Waals surface area contributed by atoms with Crippen LogP contribution in [-0.4, -0.2) is 18.0 Å². The van der Waals surface area contributed by atoms with E-state index in [4.69, 9.17) is 9.47 Å². The SMILES string of the molecule is COc1ccccc1C(=O)NCc1cccnc1Oc1cccc(F)c1. The second-order valence-corrected chi connectivity index (χ2v) is 5.41. The second kappa shape index (κ2) is 8.11. The van der Waals surface area contributed by atoms with E-state index in [-0.39, 0.29) is 12.5 Å². The van der Waals surface area contributed by atoms with Gasteiger partial charge in [0.25, 0.3) is 5.91 Å². The average Bonchev–Trinajstić information content (AvgIpc) is 2.67. The minimum Gasteiger partial charge on any atom is -0.496 e. The van der Waals surface area contributed by atoms with Gasteiger partial charge in [-0.25, -0.2) is 9.37 Å². The standard InChI is InChI=1S/C20H17FN2O3/c1-25-18-10-3-2-9-17(18)19(24)23-13-14-6-5-11-22-20(14)26-16-8-4-7-15(21)12-16/h2-12H,13H2,1H3,(H,23,24). The molecule has 1 N–H and O–H groups in total. The number of amides is 1. The van der Waals surface area contributed by atoms with Crippen LogP contribution in [0.3, 0.4) is 0 Å². The van der Waals surface area contributed by atoms with Gasteiger partial charge >= 0.3 is 0 Å². The van der Waals surface area contributed by atoms with Crippen LogP contribution in [0.25, 0.3) is 0 Å². The molecule has 0 saturated heterocycles. The van der Waals surface area contributed by atoms with E-state index in [1.165, 1.54) is 19.2 Å². The van der Waals surface area contributed by atoms with E-state index in [1.807, 2.05) is 0 Å². The molecule has 3 aromatic rings. The zero-order chi connectivity index (χ0) is 18.4. The average molecular weight is 352 g/mol. The molecule has 6 heteroatoms. The number of benzene rings is 2. The first kappa shape index (κ1) is 17.4. The normalized spacial score (nSPS) is 10.2. The number of methoxy groups -OCH3 is 1. The monoisotopic (exact) mass is 352 g/mol. The van der Waals surface area contributed by atoms with Gasteiger partial charge in [-0.1, -0.05) is 24.3 Å². The van der Waals surface area contributed by atoms with Crippen LogP contribution < -0.4 is 14.8 Å². The summed E-state index contributed by atoms with van der Waals surface area (Å²) in [5, 5.41) is 2.81. The van der Waals surface area contributed by atoms with E-state index in [1.54, 1.807) is 54.7 Å². The molecule has 1 amide bonds. The first-order valence-corrected chi connectivity index (χ1v) is 7.96. The second-order valence-electron chi connectivity index (χ2n) is 5.41. The van der Waals surface area contributed by atoms with Gasteiger partial charge in [-0.3, -0.25) is 4.79 Å². The third kappa shape index (κ3) is 4.16. The highest BCUT2D eigenvalue weighted by Crippen LogP contribution is 2.24. The molecule has 0 fully saturated rings. The number of aromatic nitrogens is 1. The molecule has 0 aliphatic rings. The number of pyridine rings is 1. The number of nitrogens with one attached hydrogen (secondary N) is 1. The molecule has 132 valence electrons. The molecule has 26 heavy (non-hydrogen) atoms. The zero-order valence-corrected chi connectivity index (χ0v) is 14.1. The van der Waals surface area contributed by atoms with E-state index < -0.39 is 5.82 Å². The largest absolute Gasteiger partial charge is 0.496 e. The quantitative estimate of drug-likeness (QED) is 0.730. The van der Waals surface area contributed by atoms with E-state index >= 15 is 0 Å². The number of ether oxygens (including phenoxy) is 2. The Labute approximate surface area is 150 Å². The molecular weight excluding hydrogens is 335 g/mol. The molecule has 1 aromatic heterocycles. The maximum absolute atomic E-state index is 13.3. The predicted molar refractivity (Wildman–Crippen MR) is 94.9 cm³/mol. The van der Waals surface area contributed by atoms with Crippen molar-refractivity contribution < 1.29 is 18.7 Å². The van der Waals surface area contributed by atoms with Gasteiger partial charge < -0.3 is 14.8 Å². The van der Waals surface area contributed by atoms with Crippen molar-refractivity contribution in [1.82, 2.24) is 10.3 Å². The van der Waals surface area contributed by atoms with Gasteiger partial charge in [-0.15, -0.1) is 0 Å². The third-order valence-electron chi connectivity index (χ3n) is 3.65. The molecule has 0 unspecified atom stereocenters. The van der Waals surface area contributed by atoms with Gasteiger partial charge in [0.15, 0.2) is 0 Å². The molecule has 0 aliphatic carbocycles. The van der Waals surface area contributed by atoms with Crippen molar-refractivity contribution in [3.05, 3.63) is 83.8 Å². The lowest BCUT2D eigenvalue weighted by molar-refractivity contribution is 0.0947. The maximum atomic E-state index is 13.3. The van der Waals surface area contributed by atoms with Gasteiger partial charge in [0.05, 0.1) is 12.7 Å². The number of carbonyl (C=O) groups is 1. The Morgan fingerprint density at radius 1 is 1.12 bits per heavy atom. The Hall–Kier alpha value is -3.41. The summed E-state index contributed by atoms with van der Waals surface area (Å²) in [6.45, 7) is 0.204. The van der Waals surface area contributed by atoms with Crippen LogP contribution in [0.1, 0.15) is 15.9 Å². The maximum Gasteiger partial charge on any atom is 0.255 e. The van der Waals surface area contributed by atoms with E-state index in [0.29, 0.717) is 28.5 Å². The van der Waals surface area contributed by atoms with E-state index in [0.717, 1.165) is 0 Å². The van der Waals surface area contributed by atoms with Crippen molar-refractivity contribution >= 4 is 5.91 Å². The van der Waals surface area contributed by atoms with Crippen LogP contribution >= 0.6 is 0 Å². The zero-order valence-electron chi connectivity index (χ0n) is 14.1. The minimum atomic E-state index is -0.399. The molecule has 0 spiro atoms. The molecule has 3 rings (SSSR count). The Morgan fingerprint density at radius 2 is 1.96 bits per heavy atom. The molecular formula is C20H17FN2O3. The highest BCUT2D eigenvalue weighted by atomic mass is 19.1. The van der Waals surface area contributed by atoms with Gasteiger partial charge in [-0.05, 0) is 30.3 Å². The van der Waals surface area contributed by atoms with Crippen molar-refractivity contribution in [2.45, 2.75) is 6.54 Å². The number of para-hydroxylation sites is 1. The van der Waals surface area contributed by atoms with Crippen LogP contribution in [0, 0.1) is 5.82 Å². The lowest BCUT2D eigenvalue weighted by Crippen LogP contribution is -2.23. The number of hydrogen-bond donors (Lipinski definition) is 1. The summed E-state index contributed by atoms with van der Waals surface area (Å²) in [6, 6.07) is 16.3. The summed E-state index contributed by atoms with van der Waals surface area (Å²) in [6.07, 6.45) is 1.57. The van der Waals surface area contributed by atoms with Gasteiger partial charge in [0.1, 0.15) is 17.3 Å². The van der Waals surface area contributed by atoms with Gasteiger partial charge in [0, 0.05) is 24.4 Å². The molecule has 0 aliphatic heterocycles. The Kier molecular flexibility index (Phi) is 5.43. The highest BCUT2D eigenvalue weighted by molar-refractivity contribution is 5.96.